The van der Waals surface area contributed by atoms with E-state index in [1.807, 2.05) is 25.1 Å². The van der Waals surface area contributed by atoms with Crippen LogP contribution in [0.25, 0.3) is 0 Å². The second-order valence-corrected chi connectivity index (χ2v) is 6.38. The van der Waals surface area contributed by atoms with Gasteiger partial charge in [-0.25, -0.2) is 0 Å². The second kappa shape index (κ2) is 7.56. The predicted octanol–water partition coefficient (Wildman–Crippen LogP) is 3.07. The molecule has 1 aliphatic heterocycles. The van der Waals surface area contributed by atoms with Gasteiger partial charge in [-0.1, -0.05) is 6.07 Å². The number of nitrogens with two attached hydrogens (primary N) is 1. The number of nitrogen functional groups attached to an aromatic ring is 1. The summed E-state index contributed by atoms with van der Waals surface area (Å²) >= 11 is 0. The van der Waals surface area contributed by atoms with Crippen LogP contribution in [0.5, 0.6) is 11.5 Å². The van der Waals surface area contributed by atoms with Crippen LogP contribution in [0.1, 0.15) is 18.9 Å². The van der Waals surface area contributed by atoms with Crippen LogP contribution in [-0.2, 0) is 11.2 Å². The van der Waals surface area contributed by atoms with Crippen molar-refractivity contribution in [2.45, 2.75) is 25.8 Å². The SMILES string of the molecule is COc1ccc(NC(=O)C(C)N2CCCc3c(N)cccc32)cc1OC. The van der Waals surface area contributed by atoms with Gasteiger partial charge in [-0.15, -0.1) is 0 Å². The Bertz CT molecular complexity index is 807. The van der Waals surface area contributed by atoms with Crippen molar-refractivity contribution in [3.05, 3.63) is 42.0 Å². The first-order chi connectivity index (χ1) is 12.5. The standard InChI is InChI=1S/C20H25N3O3/c1-13(23-11-5-6-15-16(21)7-4-8-17(15)23)20(24)22-14-9-10-18(25-2)19(12-14)26-3/h4,7-10,12-13H,5-6,11,21H2,1-3H3,(H,22,24). The molecule has 6 nitrogen and oxygen atoms in total. The number of hydrogen-bond acceptors (Lipinski definition) is 5. The van der Waals surface area contributed by atoms with Crippen molar-refractivity contribution in [3.63, 3.8) is 0 Å². The number of nitrogens with zero attached hydrogens (tertiary/aromatic N) is 1. The summed E-state index contributed by atoms with van der Waals surface area (Å²) in [4.78, 5) is 14.9. The number of benzene rings is 2. The molecule has 2 aromatic carbocycles. The summed E-state index contributed by atoms with van der Waals surface area (Å²) in [7, 11) is 3.15. The van der Waals surface area contributed by atoms with E-state index in [4.69, 9.17) is 15.2 Å². The Morgan fingerprint density at radius 1 is 1.19 bits per heavy atom. The Hall–Kier alpha value is -2.89. The van der Waals surface area contributed by atoms with E-state index in [9.17, 15) is 4.79 Å². The third-order valence-corrected chi connectivity index (χ3v) is 4.82. The minimum absolute atomic E-state index is 0.0764. The molecule has 1 amide bonds. The number of hydrogen-bond donors (Lipinski definition) is 2. The van der Waals surface area contributed by atoms with Crippen molar-refractivity contribution in [3.8, 4) is 11.5 Å². The summed E-state index contributed by atoms with van der Waals surface area (Å²) in [6.45, 7) is 2.74. The number of carbonyl (C=O) groups excluding carboxylic acids is 1. The maximum Gasteiger partial charge on any atom is 0.246 e. The van der Waals surface area contributed by atoms with Crippen LogP contribution in [-0.4, -0.2) is 32.7 Å². The molecular formula is C20H25N3O3. The lowest BCUT2D eigenvalue weighted by Gasteiger charge is -2.36. The molecule has 2 aromatic rings. The van der Waals surface area contributed by atoms with Crippen molar-refractivity contribution in [2.24, 2.45) is 0 Å². The highest BCUT2D eigenvalue weighted by molar-refractivity contribution is 5.97. The van der Waals surface area contributed by atoms with Crippen molar-refractivity contribution in [1.29, 1.82) is 0 Å². The van der Waals surface area contributed by atoms with Gasteiger partial charge in [0, 0.05) is 29.7 Å². The molecule has 3 N–H and O–H groups in total. The molecule has 0 radical (unpaired) electrons. The van der Waals surface area contributed by atoms with E-state index < -0.39 is 0 Å². The topological polar surface area (TPSA) is 76.8 Å². The van der Waals surface area contributed by atoms with Gasteiger partial charge < -0.3 is 25.4 Å². The molecule has 3 rings (SSSR count). The van der Waals surface area contributed by atoms with Crippen LogP contribution in [0.4, 0.5) is 17.1 Å². The number of amides is 1. The van der Waals surface area contributed by atoms with Crippen LogP contribution in [0.3, 0.4) is 0 Å². The largest absolute Gasteiger partial charge is 0.493 e. The van der Waals surface area contributed by atoms with E-state index in [2.05, 4.69) is 10.2 Å². The lowest BCUT2D eigenvalue weighted by molar-refractivity contribution is -0.117. The normalized spacial score (nSPS) is 14.3. The quantitative estimate of drug-likeness (QED) is 0.806. The Morgan fingerprint density at radius 3 is 2.69 bits per heavy atom. The molecule has 1 aliphatic rings. The molecule has 0 aromatic heterocycles. The van der Waals surface area contributed by atoms with E-state index in [1.54, 1.807) is 32.4 Å². The van der Waals surface area contributed by atoms with E-state index in [1.165, 1.54) is 0 Å². The lowest BCUT2D eigenvalue weighted by atomic mass is 9.98. The lowest BCUT2D eigenvalue weighted by Crippen LogP contribution is -2.44. The number of nitrogens with one attached hydrogen (secondary N) is 1. The summed E-state index contributed by atoms with van der Waals surface area (Å²) in [5.74, 6) is 1.13. The molecule has 0 saturated carbocycles. The molecular weight excluding hydrogens is 330 g/mol. The van der Waals surface area contributed by atoms with Gasteiger partial charge in [0.2, 0.25) is 5.91 Å². The molecule has 0 spiro atoms. The zero-order valence-corrected chi connectivity index (χ0v) is 15.4. The zero-order valence-electron chi connectivity index (χ0n) is 15.4. The van der Waals surface area contributed by atoms with Crippen molar-refractivity contribution < 1.29 is 14.3 Å². The van der Waals surface area contributed by atoms with Gasteiger partial charge in [0.1, 0.15) is 6.04 Å². The fourth-order valence-corrected chi connectivity index (χ4v) is 3.38. The molecule has 1 atom stereocenters. The van der Waals surface area contributed by atoms with Gasteiger partial charge in [-0.3, -0.25) is 4.79 Å². The number of methoxy groups -OCH3 is 2. The van der Waals surface area contributed by atoms with Crippen LogP contribution in [0.2, 0.25) is 0 Å². The number of ether oxygens (including phenoxy) is 2. The molecule has 0 aliphatic carbocycles. The number of anilines is 3. The maximum absolute atomic E-state index is 12.8. The van der Waals surface area contributed by atoms with Gasteiger partial charge in [0.25, 0.3) is 0 Å². The highest BCUT2D eigenvalue weighted by Gasteiger charge is 2.27. The Morgan fingerprint density at radius 2 is 1.96 bits per heavy atom. The molecule has 26 heavy (non-hydrogen) atoms. The van der Waals surface area contributed by atoms with Gasteiger partial charge >= 0.3 is 0 Å². The Labute approximate surface area is 153 Å². The van der Waals surface area contributed by atoms with Crippen LogP contribution in [0.15, 0.2) is 36.4 Å². The zero-order chi connectivity index (χ0) is 18.7. The summed E-state index contributed by atoms with van der Waals surface area (Å²) in [5.41, 5.74) is 9.75. The first kappa shape index (κ1) is 17.9. The molecule has 1 heterocycles. The monoisotopic (exact) mass is 355 g/mol. The summed E-state index contributed by atoms with van der Waals surface area (Å²) in [6.07, 6.45) is 1.93. The minimum atomic E-state index is -0.316. The Balaban J connectivity index is 1.78. The first-order valence-electron chi connectivity index (χ1n) is 8.72. The third kappa shape index (κ3) is 3.40. The van der Waals surface area contributed by atoms with E-state index in [0.29, 0.717) is 17.2 Å². The van der Waals surface area contributed by atoms with Gasteiger partial charge in [-0.2, -0.15) is 0 Å². The van der Waals surface area contributed by atoms with Crippen molar-refractivity contribution >= 4 is 23.0 Å². The van der Waals surface area contributed by atoms with E-state index in [0.717, 1.165) is 36.3 Å². The van der Waals surface area contributed by atoms with Gasteiger partial charge in [0.15, 0.2) is 11.5 Å². The molecule has 0 saturated heterocycles. The van der Waals surface area contributed by atoms with Gasteiger partial charge in [0.05, 0.1) is 14.2 Å². The van der Waals surface area contributed by atoms with Crippen molar-refractivity contribution in [2.75, 3.05) is 36.7 Å². The first-order valence-corrected chi connectivity index (χ1v) is 8.72. The van der Waals surface area contributed by atoms with Crippen LogP contribution in [0, 0.1) is 0 Å². The highest BCUT2D eigenvalue weighted by Crippen LogP contribution is 2.33. The average Bonchev–Trinajstić information content (AvgIpc) is 2.67. The summed E-state index contributed by atoms with van der Waals surface area (Å²) in [6, 6.07) is 10.9. The second-order valence-electron chi connectivity index (χ2n) is 6.38. The average molecular weight is 355 g/mol. The minimum Gasteiger partial charge on any atom is -0.493 e. The summed E-state index contributed by atoms with van der Waals surface area (Å²) in [5, 5.41) is 2.96. The highest BCUT2D eigenvalue weighted by atomic mass is 16.5. The molecule has 0 fully saturated rings. The van der Waals surface area contributed by atoms with Crippen molar-refractivity contribution in [1.82, 2.24) is 0 Å². The number of fused-ring (bicyclic) bond motifs is 1. The van der Waals surface area contributed by atoms with Crippen LogP contribution < -0.4 is 25.4 Å². The predicted molar refractivity (Wildman–Crippen MR) is 104 cm³/mol. The fourth-order valence-electron chi connectivity index (χ4n) is 3.38. The number of rotatable bonds is 5. The molecule has 0 bridgehead atoms. The van der Waals surface area contributed by atoms with E-state index >= 15 is 0 Å². The maximum atomic E-state index is 12.8. The molecule has 1 unspecified atom stereocenters. The molecule has 138 valence electrons. The smallest absolute Gasteiger partial charge is 0.246 e. The molecule has 6 heteroatoms. The van der Waals surface area contributed by atoms with Crippen LogP contribution >= 0.6 is 0 Å². The summed E-state index contributed by atoms with van der Waals surface area (Å²) < 4.78 is 10.5. The van der Waals surface area contributed by atoms with E-state index in [-0.39, 0.29) is 11.9 Å². The number of carbonyl (C=O) groups is 1. The Kier molecular flexibility index (Phi) is 5.21. The van der Waals surface area contributed by atoms with Gasteiger partial charge in [-0.05, 0) is 49.6 Å². The fraction of sp³-hybridized carbons (Fsp3) is 0.350. The third-order valence-electron chi connectivity index (χ3n) is 4.82.